The number of hydrogen-bond donors (Lipinski definition) is 1. The first-order valence-electron chi connectivity index (χ1n) is 6.52. The molecule has 1 aliphatic rings. The predicted molar refractivity (Wildman–Crippen MR) is 85.8 cm³/mol. The molecule has 1 aromatic carbocycles. The number of carbonyl (C=O) groups excluding carboxylic acids is 1. The monoisotopic (exact) mass is 350 g/mol. The summed E-state index contributed by atoms with van der Waals surface area (Å²) in [5, 5.41) is 4.15. The van der Waals surface area contributed by atoms with Crippen LogP contribution in [0.5, 0.6) is 0 Å². The van der Waals surface area contributed by atoms with E-state index >= 15 is 0 Å². The van der Waals surface area contributed by atoms with Crippen molar-refractivity contribution in [3.8, 4) is 0 Å². The number of nitrogens with two attached hydrogens (primary N) is 1. The lowest BCUT2D eigenvalue weighted by Gasteiger charge is -2.22. The Bertz CT molecular complexity index is 623. The second-order valence-corrected chi connectivity index (χ2v) is 6.67. The van der Waals surface area contributed by atoms with Gasteiger partial charge in [-0.2, -0.15) is 11.3 Å². The highest BCUT2D eigenvalue weighted by molar-refractivity contribution is 9.10. The third-order valence-electron chi connectivity index (χ3n) is 3.43. The molecule has 1 heterocycles. The van der Waals surface area contributed by atoms with Gasteiger partial charge in [0.15, 0.2) is 0 Å². The van der Waals surface area contributed by atoms with Crippen molar-refractivity contribution in [3.63, 3.8) is 0 Å². The molecule has 1 amide bonds. The quantitative estimate of drug-likeness (QED) is 0.850. The van der Waals surface area contributed by atoms with Gasteiger partial charge in [0.2, 0.25) is 0 Å². The van der Waals surface area contributed by atoms with Gasteiger partial charge in [0.1, 0.15) is 0 Å². The molecule has 2 N–H and O–H groups in total. The fourth-order valence-electron chi connectivity index (χ4n) is 2.16. The van der Waals surface area contributed by atoms with Gasteiger partial charge in [-0.25, -0.2) is 0 Å². The number of carbonyl (C=O) groups is 1. The summed E-state index contributed by atoms with van der Waals surface area (Å²) >= 11 is 5.05. The Balaban J connectivity index is 1.83. The van der Waals surface area contributed by atoms with Crippen LogP contribution in [0.1, 0.15) is 28.8 Å². The number of halogens is 1. The molecule has 0 atom stereocenters. The van der Waals surface area contributed by atoms with E-state index < -0.39 is 0 Å². The molecule has 20 heavy (non-hydrogen) atoms. The SMILES string of the molecule is Nc1ccc(C(=O)N(Cc2ccsc2)C2CC2)cc1Br. The molecule has 3 nitrogen and oxygen atoms in total. The van der Waals surface area contributed by atoms with Gasteiger partial charge in [-0.3, -0.25) is 4.79 Å². The van der Waals surface area contributed by atoms with Gasteiger partial charge in [-0.05, 0) is 69.4 Å². The fraction of sp³-hybridized carbons (Fsp3) is 0.267. The Hall–Kier alpha value is -1.33. The van der Waals surface area contributed by atoms with Crippen LogP contribution >= 0.6 is 27.3 Å². The molecule has 104 valence electrons. The van der Waals surface area contributed by atoms with Crippen LogP contribution in [0.4, 0.5) is 5.69 Å². The van der Waals surface area contributed by atoms with Crippen LogP contribution in [0, 0.1) is 0 Å². The molecule has 0 bridgehead atoms. The molecular formula is C15H15BrN2OS. The van der Waals surface area contributed by atoms with Gasteiger partial charge in [0, 0.05) is 28.3 Å². The minimum atomic E-state index is 0.0828. The van der Waals surface area contributed by atoms with Crippen LogP contribution in [0.25, 0.3) is 0 Å². The van der Waals surface area contributed by atoms with Gasteiger partial charge in [-0.1, -0.05) is 0 Å². The maximum atomic E-state index is 12.7. The predicted octanol–water partition coefficient (Wildman–Crippen LogP) is 3.90. The second-order valence-electron chi connectivity index (χ2n) is 5.03. The number of nitrogen functional groups attached to an aromatic ring is 1. The highest BCUT2D eigenvalue weighted by Crippen LogP contribution is 2.31. The Kier molecular flexibility index (Phi) is 3.81. The third-order valence-corrected chi connectivity index (χ3v) is 4.85. The molecule has 0 radical (unpaired) electrons. The molecule has 0 unspecified atom stereocenters. The zero-order chi connectivity index (χ0) is 14.1. The Labute approximate surface area is 130 Å². The summed E-state index contributed by atoms with van der Waals surface area (Å²) < 4.78 is 0.773. The van der Waals surface area contributed by atoms with Crippen LogP contribution in [0.2, 0.25) is 0 Å². The van der Waals surface area contributed by atoms with Crippen molar-refractivity contribution < 1.29 is 4.79 Å². The normalized spacial score (nSPS) is 14.2. The molecule has 3 rings (SSSR count). The lowest BCUT2D eigenvalue weighted by molar-refractivity contribution is 0.0730. The highest BCUT2D eigenvalue weighted by Gasteiger charge is 2.33. The number of nitrogens with zero attached hydrogens (tertiary/aromatic N) is 1. The van der Waals surface area contributed by atoms with E-state index in [4.69, 9.17) is 5.73 Å². The van der Waals surface area contributed by atoms with Gasteiger partial charge in [0.05, 0.1) is 0 Å². The van der Waals surface area contributed by atoms with Crippen molar-refractivity contribution in [2.45, 2.75) is 25.4 Å². The minimum absolute atomic E-state index is 0.0828. The summed E-state index contributed by atoms with van der Waals surface area (Å²) in [7, 11) is 0. The van der Waals surface area contributed by atoms with E-state index in [0.29, 0.717) is 23.8 Å². The highest BCUT2D eigenvalue weighted by atomic mass is 79.9. The molecule has 1 saturated carbocycles. The summed E-state index contributed by atoms with van der Waals surface area (Å²) in [5.74, 6) is 0.0828. The standard InChI is InChI=1S/C15H15BrN2OS/c16-13-7-11(1-4-14(13)17)15(19)18(12-2-3-12)8-10-5-6-20-9-10/h1,4-7,9,12H,2-3,8,17H2. The number of anilines is 1. The van der Waals surface area contributed by atoms with E-state index in [1.165, 1.54) is 5.56 Å². The van der Waals surface area contributed by atoms with Crippen LogP contribution in [-0.2, 0) is 6.54 Å². The zero-order valence-corrected chi connectivity index (χ0v) is 13.3. The topological polar surface area (TPSA) is 46.3 Å². The van der Waals surface area contributed by atoms with E-state index in [-0.39, 0.29) is 5.91 Å². The van der Waals surface area contributed by atoms with E-state index in [1.54, 1.807) is 29.5 Å². The summed E-state index contributed by atoms with van der Waals surface area (Å²) in [6.45, 7) is 0.689. The second kappa shape index (κ2) is 5.58. The number of amides is 1. The average Bonchev–Trinajstić information content (AvgIpc) is 3.15. The van der Waals surface area contributed by atoms with Crippen molar-refractivity contribution in [1.82, 2.24) is 4.90 Å². The van der Waals surface area contributed by atoms with Crippen molar-refractivity contribution in [3.05, 3.63) is 50.6 Å². The Morgan fingerprint density at radius 1 is 1.40 bits per heavy atom. The smallest absolute Gasteiger partial charge is 0.254 e. The van der Waals surface area contributed by atoms with Gasteiger partial charge in [0.25, 0.3) is 5.91 Å². The summed E-state index contributed by atoms with van der Waals surface area (Å²) in [4.78, 5) is 14.7. The molecule has 0 saturated heterocycles. The summed E-state index contributed by atoms with van der Waals surface area (Å²) in [6, 6.07) is 7.84. The first-order chi connectivity index (χ1) is 9.65. The molecule has 2 aromatic rings. The number of thiophene rings is 1. The summed E-state index contributed by atoms with van der Waals surface area (Å²) in [5.41, 5.74) is 8.31. The van der Waals surface area contributed by atoms with Gasteiger partial charge >= 0.3 is 0 Å². The van der Waals surface area contributed by atoms with E-state index in [0.717, 1.165) is 17.3 Å². The van der Waals surface area contributed by atoms with Crippen LogP contribution in [-0.4, -0.2) is 16.8 Å². The van der Waals surface area contributed by atoms with Crippen molar-refractivity contribution >= 4 is 38.9 Å². The van der Waals surface area contributed by atoms with Gasteiger partial charge < -0.3 is 10.6 Å². The average molecular weight is 351 g/mol. The first kappa shape index (κ1) is 13.6. The molecule has 1 aliphatic carbocycles. The molecule has 0 aliphatic heterocycles. The Morgan fingerprint density at radius 3 is 2.80 bits per heavy atom. The fourth-order valence-corrected chi connectivity index (χ4v) is 3.20. The van der Waals surface area contributed by atoms with Crippen LogP contribution in [0.15, 0.2) is 39.5 Å². The maximum Gasteiger partial charge on any atom is 0.254 e. The van der Waals surface area contributed by atoms with Crippen molar-refractivity contribution in [2.75, 3.05) is 5.73 Å². The van der Waals surface area contributed by atoms with E-state index in [2.05, 4.69) is 27.4 Å². The Morgan fingerprint density at radius 2 is 2.20 bits per heavy atom. The summed E-state index contributed by atoms with van der Waals surface area (Å²) in [6.07, 6.45) is 2.21. The van der Waals surface area contributed by atoms with Gasteiger partial charge in [-0.15, -0.1) is 0 Å². The van der Waals surface area contributed by atoms with Crippen LogP contribution in [0.3, 0.4) is 0 Å². The molecule has 1 aromatic heterocycles. The number of hydrogen-bond acceptors (Lipinski definition) is 3. The largest absolute Gasteiger partial charge is 0.398 e. The lowest BCUT2D eigenvalue weighted by Crippen LogP contribution is -2.32. The lowest BCUT2D eigenvalue weighted by atomic mass is 10.1. The van der Waals surface area contributed by atoms with Crippen molar-refractivity contribution in [1.29, 1.82) is 0 Å². The number of rotatable bonds is 4. The van der Waals surface area contributed by atoms with E-state index in [1.807, 2.05) is 10.3 Å². The molecule has 1 fully saturated rings. The number of benzene rings is 1. The van der Waals surface area contributed by atoms with Crippen LogP contribution < -0.4 is 5.73 Å². The molecule has 0 spiro atoms. The van der Waals surface area contributed by atoms with E-state index in [9.17, 15) is 4.79 Å². The molecule has 5 heteroatoms. The maximum absolute atomic E-state index is 12.7. The zero-order valence-electron chi connectivity index (χ0n) is 10.9. The third kappa shape index (κ3) is 2.88. The first-order valence-corrected chi connectivity index (χ1v) is 8.26. The molecular weight excluding hydrogens is 336 g/mol. The van der Waals surface area contributed by atoms with Crippen molar-refractivity contribution in [2.24, 2.45) is 0 Å². The minimum Gasteiger partial charge on any atom is -0.398 e.